The van der Waals surface area contributed by atoms with E-state index in [4.69, 9.17) is 9.84 Å². The van der Waals surface area contributed by atoms with E-state index in [1.54, 1.807) is 6.92 Å². The van der Waals surface area contributed by atoms with Crippen LogP contribution in [0.3, 0.4) is 0 Å². The highest BCUT2D eigenvalue weighted by molar-refractivity contribution is 5.92. The number of aromatic amines is 1. The Kier molecular flexibility index (Phi) is 4.23. The minimum atomic E-state index is -1.10. The van der Waals surface area contributed by atoms with Crippen molar-refractivity contribution in [2.75, 3.05) is 13.2 Å². The molecule has 1 heterocycles. The van der Waals surface area contributed by atoms with Gasteiger partial charge in [0.2, 0.25) is 0 Å². The van der Waals surface area contributed by atoms with Gasteiger partial charge in [0.05, 0.1) is 29.2 Å². The molecule has 2 rings (SSSR count). The van der Waals surface area contributed by atoms with Gasteiger partial charge >= 0.3 is 17.1 Å². The van der Waals surface area contributed by atoms with E-state index in [-0.39, 0.29) is 18.2 Å². The molecule has 21 heavy (non-hydrogen) atoms. The Bertz CT molecular complexity index is 790. The summed E-state index contributed by atoms with van der Waals surface area (Å²) >= 11 is 0. The summed E-state index contributed by atoms with van der Waals surface area (Å²) in [5, 5.41) is 8.98. The monoisotopic (exact) mass is 292 g/mol. The summed E-state index contributed by atoms with van der Waals surface area (Å²) in [5.41, 5.74) is -0.647. The number of benzene rings is 1. The normalized spacial score (nSPS) is 12.5. The number of carboxylic acids is 1. The van der Waals surface area contributed by atoms with Crippen LogP contribution in [0.1, 0.15) is 30.2 Å². The van der Waals surface area contributed by atoms with E-state index >= 15 is 0 Å². The lowest BCUT2D eigenvalue weighted by atomic mass is 10.2. The van der Waals surface area contributed by atoms with Crippen LogP contribution in [0.25, 0.3) is 11.0 Å². The van der Waals surface area contributed by atoms with Gasteiger partial charge in [-0.25, -0.2) is 4.79 Å². The van der Waals surface area contributed by atoms with Crippen LogP contribution < -0.4 is 11.1 Å². The van der Waals surface area contributed by atoms with Gasteiger partial charge in [-0.15, -0.1) is 0 Å². The summed E-state index contributed by atoms with van der Waals surface area (Å²) < 4.78 is 6.62. The van der Waals surface area contributed by atoms with E-state index in [0.717, 1.165) is 0 Å². The zero-order chi connectivity index (χ0) is 15.6. The van der Waals surface area contributed by atoms with Gasteiger partial charge in [-0.3, -0.25) is 14.2 Å². The van der Waals surface area contributed by atoms with Gasteiger partial charge in [-0.1, -0.05) is 0 Å². The molecule has 112 valence electrons. The number of fused-ring (bicyclic) bond motifs is 1. The summed E-state index contributed by atoms with van der Waals surface area (Å²) in [6, 6.07) is 3.91. The molecular formula is C14H16N2O5. The van der Waals surface area contributed by atoms with Crippen LogP contribution in [0.4, 0.5) is 0 Å². The molecule has 0 fully saturated rings. The number of hydrogen-bond donors (Lipinski definition) is 2. The van der Waals surface area contributed by atoms with E-state index in [1.807, 2.05) is 6.92 Å². The predicted molar refractivity (Wildman–Crippen MR) is 77.0 cm³/mol. The number of H-pyrrole nitrogens is 1. The van der Waals surface area contributed by atoms with Crippen LogP contribution in [0.15, 0.2) is 27.8 Å². The maximum Gasteiger partial charge on any atom is 0.335 e. The summed E-state index contributed by atoms with van der Waals surface area (Å²) in [7, 11) is 0. The van der Waals surface area contributed by atoms with Crippen LogP contribution in [0.2, 0.25) is 0 Å². The van der Waals surface area contributed by atoms with E-state index in [2.05, 4.69) is 4.98 Å². The van der Waals surface area contributed by atoms with Gasteiger partial charge in [0.15, 0.2) is 0 Å². The fourth-order valence-electron chi connectivity index (χ4n) is 2.17. The van der Waals surface area contributed by atoms with Crippen LogP contribution in [0, 0.1) is 0 Å². The second-order valence-corrected chi connectivity index (χ2v) is 4.67. The lowest BCUT2D eigenvalue weighted by molar-refractivity contribution is 0.0697. The van der Waals surface area contributed by atoms with Crippen molar-refractivity contribution in [3.8, 4) is 0 Å². The van der Waals surface area contributed by atoms with Crippen LogP contribution in [-0.4, -0.2) is 33.8 Å². The third kappa shape index (κ3) is 2.87. The topological polar surface area (TPSA) is 101 Å². The molecule has 1 aromatic heterocycles. The Morgan fingerprint density at radius 3 is 2.76 bits per heavy atom. The molecule has 0 spiro atoms. The lowest BCUT2D eigenvalue weighted by Gasteiger charge is -2.17. The Balaban J connectivity index is 2.68. The van der Waals surface area contributed by atoms with Crippen LogP contribution >= 0.6 is 0 Å². The minimum Gasteiger partial charge on any atom is -0.478 e. The summed E-state index contributed by atoms with van der Waals surface area (Å²) in [5.74, 6) is -1.10. The second kappa shape index (κ2) is 5.92. The first-order valence-electron chi connectivity index (χ1n) is 6.55. The number of hydrogen-bond acceptors (Lipinski definition) is 4. The maximum absolute atomic E-state index is 12.1. The molecule has 1 aromatic carbocycles. The number of aromatic nitrogens is 2. The fourth-order valence-corrected chi connectivity index (χ4v) is 2.17. The van der Waals surface area contributed by atoms with E-state index < -0.39 is 17.1 Å². The van der Waals surface area contributed by atoms with Crippen LogP contribution in [0.5, 0.6) is 0 Å². The van der Waals surface area contributed by atoms with Crippen molar-refractivity contribution >= 4 is 17.0 Å². The third-order valence-corrected chi connectivity index (χ3v) is 3.17. The number of rotatable bonds is 5. The molecule has 0 amide bonds. The number of carboxylic acid groups (broad SMARTS) is 1. The number of nitrogens with one attached hydrogen (secondary N) is 1. The lowest BCUT2D eigenvalue weighted by Crippen LogP contribution is -2.38. The molecule has 0 bridgehead atoms. The molecule has 1 unspecified atom stereocenters. The molecule has 0 aliphatic heterocycles. The Morgan fingerprint density at radius 2 is 2.14 bits per heavy atom. The smallest absolute Gasteiger partial charge is 0.335 e. The van der Waals surface area contributed by atoms with Crippen molar-refractivity contribution in [3.05, 3.63) is 44.5 Å². The highest BCUT2D eigenvalue weighted by Crippen LogP contribution is 2.15. The maximum atomic E-state index is 12.1. The molecular weight excluding hydrogens is 276 g/mol. The Labute approximate surface area is 119 Å². The van der Waals surface area contributed by atoms with Gasteiger partial charge in [-0.2, -0.15) is 0 Å². The molecule has 1 atom stereocenters. The van der Waals surface area contributed by atoms with Gasteiger partial charge in [0.1, 0.15) is 0 Å². The number of nitrogens with zero attached hydrogens (tertiary/aromatic N) is 1. The zero-order valence-corrected chi connectivity index (χ0v) is 11.8. The summed E-state index contributed by atoms with van der Waals surface area (Å²) in [4.78, 5) is 37.2. The molecule has 7 heteroatoms. The highest BCUT2D eigenvalue weighted by Gasteiger charge is 2.15. The quantitative estimate of drug-likeness (QED) is 0.800. The van der Waals surface area contributed by atoms with Crippen molar-refractivity contribution in [2.45, 2.75) is 19.9 Å². The second-order valence-electron chi connectivity index (χ2n) is 4.67. The molecule has 0 radical (unpaired) electrons. The van der Waals surface area contributed by atoms with E-state index in [9.17, 15) is 14.4 Å². The van der Waals surface area contributed by atoms with Gasteiger partial charge in [-0.05, 0) is 32.0 Å². The van der Waals surface area contributed by atoms with Crippen molar-refractivity contribution in [3.63, 3.8) is 0 Å². The largest absolute Gasteiger partial charge is 0.478 e. The van der Waals surface area contributed by atoms with Crippen LogP contribution in [-0.2, 0) is 4.74 Å². The zero-order valence-electron chi connectivity index (χ0n) is 11.8. The first-order chi connectivity index (χ1) is 9.95. The molecule has 7 nitrogen and oxygen atoms in total. The average molecular weight is 292 g/mol. The first kappa shape index (κ1) is 15.0. The van der Waals surface area contributed by atoms with Gasteiger partial charge < -0.3 is 14.8 Å². The molecule has 0 saturated carbocycles. The van der Waals surface area contributed by atoms with E-state index in [0.29, 0.717) is 17.6 Å². The SMILES string of the molecule is CCOCC(C)n1c(=O)c(=O)[nH]c2cc(C(=O)O)ccc21. The fraction of sp³-hybridized carbons (Fsp3) is 0.357. The van der Waals surface area contributed by atoms with Gasteiger partial charge in [0, 0.05) is 6.61 Å². The molecule has 0 saturated heterocycles. The Morgan fingerprint density at radius 1 is 1.43 bits per heavy atom. The molecule has 2 N–H and O–H groups in total. The minimum absolute atomic E-state index is 0.0424. The standard InChI is InChI=1S/C14H16N2O5/c1-3-21-7-8(2)16-11-5-4-9(14(19)20)6-10(11)15-12(17)13(16)18/h4-6,8H,3,7H2,1-2H3,(H,15,17)(H,19,20). The highest BCUT2D eigenvalue weighted by atomic mass is 16.5. The summed E-state index contributed by atoms with van der Waals surface area (Å²) in [6.07, 6.45) is 0. The molecule has 2 aromatic rings. The molecule has 0 aliphatic carbocycles. The van der Waals surface area contributed by atoms with E-state index in [1.165, 1.54) is 22.8 Å². The van der Waals surface area contributed by atoms with Crippen molar-refractivity contribution in [2.24, 2.45) is 0 Å². The molecule has 0 aliphatic rings. The number of ether oxygens (including phenoxy) is 1. The third-order valence-electron chi connectivity index (χ3n) is 3.17. The predicted octanol–water partition coefficient (Wildman–Crippen LogP) is 0.986. The van der Waals surface area contributed by atoms with Crippen molar-refractivity contribution in [1.29, 1.82) is 0 Å². The number of carbonyl (C=O) groups is 1. The Hall–Kier alpha value is -2.41. The van der Waals surface area contributed by atoms with Crippen molar-refractivity contribution < 1.29 is 14.6 Å². The summed E-state index contributed by atoms with van der Waals surface area (Å²) in [6.45, 7) is 4.39. The first-order valence-corrected chi connectivity index (χ1v) is 6.55. The van der Waals surface area contributed by atoms with Gasteiger partial charge in [0.25, 0.3) is 0 Å². The van der Waals surface area contributed by atoms with Crippen molar-refractivity contribution in [1.82, 2.24) is 9.55 Å². The number of aromatic carboxylic acids is 1. The average Bonchev–Trinajstić information content (AvgIpc) is 2.45.